The van der Waals surface area contributed by atoms with Gasteiger partial charge in [0.1, 0.15) is 0 Å². The Bertz CT molecular complexity index is 1810. The highest BCUT2D eigenvalue weighted by molar-refractivity contribution is 6.43. The van der Waals surface area contributed by atoms with Crippen LogP contribution in [0.5, 0.6) is 0 Å². The van der Waals surface area contributed by atoms with Crippen LogP contribution in [-0.2, 0) is 0 Å². The molecule has 0 bridgehead atoms. The van der Waals surface area contributed by atoms with Crippen LogP contribution < -0.4 is 0 Å². The molecular formula is C30H17Cl. The van der Waals surface area contributed by atoms with E-state index in [0.29, 0.717) is 0 Å². The van der Waals surface area contributed by atoms with Crippen molar-refractivity contribution in [1.82, 2.24) is 0 Å². The van der Waals surface area contributed by atoms with Crippen molar-refractivity contribution in [3.05, 3.63) is 108 Å². The highest BCUT2D eigenvalue weighted by Crippen LogP contribution is 2.46. The highest BCUT2D eigenvalue weighted by atomic mass is 35.5. The van der Waals surface area contributed by atoms with Crippen LogP contribution in [-0.4, -0.2) is 0 Å². The van der Waals surface area contributed by atoms with Crippen molar-refractivity contribution >= 4 is 76.2 Å². The van der Waals surface area contributed by atoms with E-state index in [-0.39, 0.29) is 0 Å². The molecule has 0 heterocycles. The summed E-state index contributed by atoms with van der Waals surface area (Å²) in [7, 11) is 0. The van der Waals surface area contributed by atoms with Gasteiger partial charge in [0, 0.05) is 5.02 Å². The molecule has 0 amide bonds. The summed E-state index contributed by atoms with van der Waals surface area (Å²) in [5, 5.41) is 16.1. The van der Waals surface area contributed by atoms with E-state index in [1.165, 1.54) is 64.6 Å². The molecule has 0 aliphatic rings. The zero-order chi connectivity index (χ0) is 20.5. The van der Waals surface area contributed by atoms with Crippen LogP contribution in [0.3, 0.4) is 0 Å². The molecule has 0 atom stereocenters. The Morgan fingerprint density at radius 3 is 1.58 bits per heavy atom. The van der Waals surface area contributed by atoms with Gasteiger partial charge in [-0.2, -0.15) is 0 Å². The van der Waals surface area contributed by atoms with E-state index in [2.05, 4.69) is 97.1 Å². The Labute approximate surface area is 184 Å². The summed E-state index contributed by atoms with van der Waals surface area (Å²) >= 11 is 6.56. The van der Waals surface area contributed by atoms with Crippen LogP contribution in [0.15, 0.2) is 103 Å². The fourth-order valence-electron chi connectivity index (χ4n) is 5.40. The molecule has 0 N–H and O–H groups in total. The van der Waals surface area contributed by atoms with Gasteiger partial charge in [-0.15, -0.1) is 0 Å². The number of hydrogen-bond donors (Lipinski definition) is 0. The molecule has 7 aromatic carbocycles. The predicted octanol–water partition coefficient (Wildman–Crippen LogP) is 9.26. The second kappa shape index (κ2) is 6.20. The molecule has 31 heavy (non-hydrogen) atoms. The molecular weight excluding hydrogens is 396 g/mol. The van der Waals surface area contributed by atoms with Crippen molar-refractivity contribution in [1.29, 1.82) is 0 Å². The van der Waals surface area contributed by atoms with Crippen molar-refractivity contribution < 1.29 is 0 Å². The zero-order valence-corrected chi connectivity index (χ0v) is 17.4. The fourth-order valence-corrected chi connectivity index (χ4v) is 5.58. The van der Waals surface area contributed by atoms with E-state index in [9.17, 15) is 0 Å². The molecule has 0 aliphatic heterocycles. The second-order valence-corrected chi connectivity index (χ2v) is 8.68. The smallest absolute Gasteiger partial charge is 0.0412 e. The maximum absolute atomic E-state index is 6.56. The first-order valence-corrected chi connectivity index (χ1v) is 10.9. The average Bonchev–Trinajstić information content (AvgIpc) is 2.83. The van der Waals surface area contributed by atoms with Crippen molar-refractivity contribution in [2.24, 2.45) is 0 Å². The van der Waals surface area contributed by atoms with Gasteiger partial charge in [-0.25, -0.2) is 0 Å². The maximum Gasteiger partial charge on any atom is 0.0412 e. The molecule has 0 fully saturated rings. The van der Waals surface area contributed by atoms with Crippen LogP contribution in [0.2, 0.25) is 5.02 Å². The predicted molar refractivity (Wildman–Crippen MR) is 136 cm³/mol. The lowest BCUT2D eigenvalue weighted by molar-refractivity contribution is 1.78. The van der Waals surface area contributed by atoms with E-state index in [1.807, 2.05) is 6.07 Å². The van der Waals surface area contributed by atoms with E-state index in [1.54, 1.807) is 0 Å². The molecule has 1 heteroatoms. The topological polar surface area (TPSA) is 0 Å². The van der Waals surface area contributed by atoms with Crippen molar-refractivity contribution in [2.75, 3.05) is 0 Å². The Kier molecular flexibility index (Phi) is 3.42. The number of hydrogen-bond acceptors (Lipinski definition) is 0. The first-order chi connectivity index (χ1) is 15.3. The van der Waals surface area contributed by atoms with Gasteiger partial charge >= 0.3 is 0 Å². The van der Waals surface area contributed by atoms with Crippen LogP contribution in [0.1, 0.15) is 0 Å². The minimum atomic E-state index is 0.769. The molecule has 0 saturated carbocycles. The molecule has 0 aliphatic carbocycles. The Balaban J connectivity index is 2.00. The lowest BCUT2D eigenvalue weighted by Gasteiger charge is -2.17. The number of benzene rings is 7. The van der Waals surface area contributed by atoms with E-state index >= 15 is 0 Å². The van der Waals surface area contributed by atoms with Crippen LogP contribution >= 0.6 is 11.6 Å². The summed E-state index contributed by atoms with van der Waals surface area (Å²) in [6.07, 6.45) is 0. The average molecular weight is 413 g/mol. The second-order valence-electron chi connectivity index (χ2n) is 8.24. The monoisotopic (exact) mass is 412 g/mol. The van der Waals surface area contributed by atoms with Gasteiger partial charge in [0.2, 0.25) is 0 Å². The number of halogens is 1. The summed E-state index contributed by atoms with van der Waals surface area (Å²) in [5.74, 6) is 0. The fraction of sp³-hybridized carbons (Fsp3) is 0. The SMILES string of the molecule is Clc1ccc2c3ccccc3c3c4ccccc4c4ccc5ccccc5c4c3c2c1. The molecule has 0 spiro atoms. The number of fused-ring (bicyclic) bond motifs is 13. The Morgan fingerprint density at radius 2 is 0.839 bits per heavy atom. The minimum absolute atomic E-state index is 0.769. The van der Waals surface area contributed by atoms with Crippen molar-refractivity contribution in [2.45, 2.75) is 0 Å². The minimum Gasteiger partial charge on any atom is -0.0843 e. The summed E-state index contributed by atoms with van der Waals surface area (Å²) in [6, 6.07) is 37.1. The number of rotatable bonds is 0. The van der Waals surface area contributed by atoms with Gasteiger partial charge in [0.05, 0.1) is 0 Å². The molecule has 0 saturated heterocycles. The lowest BCUT2D eigenvalue weighted by Crippen LogP contribution is -1.89. The first-order valence-electron chi connectivity index (χ1n) is 10.6. The van der Waals surface area contributed by atoms with Crippen LogP contribution in [0.25, 0.3) is 64.6 Å². The molecule has 0 nitrogen and oxygen atoms in total. The van der Waals surface area contributed by atoms with Gasteiger partial charge < -0.3 is 0 Å². The lowest BCUT2D eigenvalue weighted by atomic mass is 9.85. The molecule has 0 radical (unpaired) electrons. The Hall–Kier alpha value is -3.61. The maximum atomic E-state index is 6.56. The van der Waals surface area contributed by atoms with Gasteiger partial charge in [-0.1, -0.05) is 103 Å². The van der Waals surface area contributed by atoms with Crippen LogP contribution in [0.4, 0.5) is 0 Å². The van der Waals surface area contributed by atoms with Gasteiger partial charge in [-0.3, -0.25) is 0 Å². The largest absolute Gasteiger partial charge is 0.0843 e. The summed E-state index contributed by atoms with van der Waals surface area (Å²) in [6.45, 7) is 0. The molecule has 144 valence electrons. The molecule has 0 aromatic heterocycles. The van der Waals surface area contributed by atoms with E-state index < -0.39 is 0 Å². The Morgan fingerprint density at radius 1 is 0.355 bits per heavy atom. The molecule has 0 unspecified atom stereocenters. The molecule has 7 aromatic rings. The van der Waals surface area contributed by atoms with E-state index in [4.69, 9.17) is 11.6 Å². The van der Waals surface area contributed by atoms with Gasteiger partial charge in [0.15, 0.2) is 0 Å². The molecule has 7 rings (SSSR count). The highest BCUT2D eigenvalue weighted by Gasteiger charge is 2.17. The third kappa shape index (κ3) is 2.26. The third-order valence-electron chi connectivity index (χ3n) is 6.65. The summed E-state index contributed by atoms with van der Waals surface area (Å²) in [4.78, 5) is 0. The van der Waals surface area contributed by atoms with Gasteiger partial charge in [0.25, 0.3) is 0 Å². The third-order valence-corrected chi connectivity index (χ3v) is 6.89. The first kappa shape index (κ1) is 17.1. The van der Waals surface area contributed by atoms with Crippen molar-refractivity contribution in [3.63, 3.8) is 0 Å². The zero-order valence-electron chi connectivity index (χ0n) is 16.7. The standard InChI is InChI=1S/C30H17Cl/c31-19-14-16-23-21-9-3-5-11-24(21)29-25-12-6-4-10-22(25)26-15-13-18-7-1-2-8-20(18)28(26)30(29)27(23)17-19/h1-17H. The summed E-state index contributed by atoms with van der Waals surface area (Å²) in [5.41, 5.74) is 0. The van der Waals surface area contributed by atoms with Gasteiger partial charge in [-0.05, 0) is 76.8 Å². The van der Waals surface area contributed by atoms with Crippen LogP contribution in [0, 0.1) is 0 Å². The van der Waals surface area contributed by atoms with E-state index in [0.717, 1.165) is 5.02 Å². The normalized spacial score (nSPS) is 12.0. The quantitative estimate of drug-likeness (QED) is 0.218. The van der Waals surface area contributed by atoms with Crippen molar-refractivity contribution in [3.8, 4) is 0 Å². The summed E-state index contributed by atoms with van der Waals surface area (Å²) < 4.78 is 0.